The lowest BCUT2D eigenvalue weighted by Crippen LogP contribution is -2.54. The maximum Gasteiger partial charge on any atom is 0.331 e. The van der Waals surface area contributed by atoms with Crippen LogP contribution in [0, 0.1) is 5.92 Å². The summed E-state index contributed by atoms with van der Waals surface area (Å²) in [4.78, 5) is 38.3. The van der Waals surface area contributed by atoms with Crippen LogP contribution in [-0.2, 0) is 20.9 Å². The molecule has 0 bridgehead atoms. The van der Waals surface area contributed by atoms with Gasteiger partial charge in [-0.3, -0.25) is 9.59 Å². The summed E-state index contributed by atoms with van der Waals surface area (Å²) in [6, 6.07) is 4.89. The molecule has 1 aromatic carbocycles. The first-order valence-corrected chi connectivity index (χ1v) is 8.36. The summed E-state index contributed by atoms with van der Waals surface area (Å²) in [6.45, 7) is 5.58. The molecule has 25 heavy (non-hydrogen) atoms. The minimum absolute atomic E-state index is 0.168. The van der Waals surface area contributed by atoms with Gasteiger partial charge in [-0.05, 0) is 31.0 Å². The molecule has 136 valence electrons. The van der Waals surface area contributed by atoms with Crippen LogP contribution < -0.4 is 10.6 Å². The van der Waals surface area contributed by atoms with Crippen LogP contribution in [0.25, 0.3) is 0 Å². The Kier molecular flexibility index (Phi) is 5.79. The predicted molar refractivity (Wildman–Crippen MR) is 92.7 cm³/mol. The molecule has 0 spiro atoms. The van der Waals surface area contributed by atoms with Gasteiger partial charge in [-0.1, -0.05) is 38.1 Å². The number of nitrogens with zero attached hydrogens (tertiary/aromatic N) is 1. The van der Waals surface area contributed by atoms with E-state index in [1.54, 1.807) is 26.1 Å². The van der Waals surface area contributed by atoms with E-state index in [2.05, 4.69) is 10.6 Å². The number of likely N-dealkylation sites (N-methyl/N-ethyl adjacent to an activating group) is 1. The van der Waals surface area contributed by atoms with Crippen molar-refractivity contribution in [3.05, 3.63) is 35.4 Å². The van der Waals surface area contributed by atoms with Gasteiger partial charge in [0.25, 0.3) is 0 Å². The number of carboxylic acids is 1. The van der Waals surface area contributed by atoms with Gasteiger partial charge in [-0.15, -0.1) is 0 Å². The number of hydrogen-bond acceptors (Lipinski definition) is 4. The third kappa shape index (κ3) is 3.82. The number of nitrogens with one attached hydrogen (secondary N) is 2. The maximum absolute atomic E-state index is 13.0. The van der Waals surface area contributed by atoms with E-state index in [0.29, 0.717) is 5.56 Å². The number of amides is 2. The highest BCUT2D eigenvalue weighted by Gasteiger charge is 2.41. The van der Waals surface area contributed by atoms with Crippen LogP contribution in [0.15, 0.2) is 24.3 Å². The number of benzene rings is 1. The SMILES string of the molecule is CNC(C)C(=O)NC(C(=O)N1Cc2ccccc2C1C(=O)O)C(C)C. The van der Waals surface area contributed by atoms with Crippen LogP contribution in [0.3, 0.4) is 0 Å². The Hall–Kier alpha value is -2.41. The first kappa shape index (κ1) is 18.9. The summed E-state index contributed by atoms with van der Waals surface area (Å²) in [7, 11) is 1.66. The second-order valence-electron chi connectivity index (χ2n) is 6.65. The second-order valence-corrected chi connectivity index (χ2v) is 6.65. The first-order chi connectivity index (χ1) is 11.8. The van der Waals surface area contributed by atoms with Crippen molar-refractivity contribution in [2.24, 2.45) is 5.92 Å². The number of fused-ring (bicyclic) bond motifs is 1. The van der Waals surface area contributed by atoms with Crippen LogP contribution in [0.1, 0.15) is 37.9 Å². The summed E-state index contributed by atoms with van der Waals surface area (Å²) < 4.78 is 0. The Morgan fingerprint density at radius 1 is 1.20 bits per heavy atom. The summed E-state index contributed by atoms with van der Waals surface area (Å²) in [6.07, 6.45) is 0. The molecule has 3 N–H and O–H groups in total. The average molecular weight is 347 g/mol. The fraction of sp³-hybridized carbons (Fsp3) is 0.500. The average Bonchev–Trinajstić information content (AvgIpc) is 2.97. The lowest BCUT2D eigenvalue weighted by atomic mass is 10.0. The van der Waals surface area contributed by atoms with E-state index in [1.807, 2.05) is 26.0 Å². The molecule has 7 nitrogen and oxygen atoms in total. The zero-order valence-electron chi connectivity index (χ0n) is 14.9. The predicted octanol–water partition coefficient (Wildman–Crippen LogP) is 0.903. The molecule has 0 aliphatic carbocycles. The topological polar surface area (TPSA) is 98.7 Å². The minimum Gasteiger partial charge on any atom is -0.479 e. The van der Waals surface area contributed by atoms with Crippen molar-refractivity contribution >= 4 is 17.8 Å². The van der Waals surface area contributed by atoms with E-state index < -0.39 is 24.1 Å². The van der Waals surface area contributed by atoms with Crippen molar-refractivity contribution in [3.63, 3.8) is 0 Å². The Morgan fingerprint density at radius 3 is 2.40 bits per heavy atom. The fourth-order valence-corrected chi connectivity index (χ4v) is 2.96. The van der Waals surface area contributed by atoms with Crippen molar-refractivity contribution in [2.75, 3.05) is 7.05 Å². The van der Waals surface area contributed by atoms with Crippen molar-refractivity contribution in [3.8, 4) is 0 Å². The van der Waals surface area contributed by atoms with Gasteiger partial charge in [0.1, 0.15) is 6.04 Å². The number of hydrogen-bond donors (Lipinski definition) is 3. The van der Waals surface area contributed by atoms with Gasteiger partial charge in [0, 0.05) is 6.54 Å². The zero-order chi connectivity index (χ0) is 18.7. The van der Waals surface area contributed by atoms with Crippen LogP contribution in [-0.4, -0.2) is 46.9 Å². The fourth-order valence-electron chi connectivity index (χ4n) is 2.96. The smallest absolute Gasteiger partial charge is 0.331 e. The van der Waals surface area contributed by atoms with E-state index in [1.165, 1.54) is 4.90 Å². The van der Waals surface area contributed by atoms with Crippen molar-refractivity contribution < 1.29 is 19.5 Å². The molecule has 7 heteroatoms. The molecule has 1 aromatic rings. The quantitative estimate of drug-likeness (QED) is 0.710. The van der Waals surface area contributed by atoms with Gasteiger partial charge < -0.3 is 20.6 Å². The summed E-state index contributed by atoms with van der Waals surface area (Å²) in [5.41, 5.74) is 1.45. The van der Waals surface area contributed by atoms with E-state index in [0.717, 1.165) is 5.56 Å². The summed E-state index contributed by atoms with van der Waals surface area (Å²) in [5, 5.41) is 15.2. The molecule has 2 amide bonds. The van der Waals surface area contributed by atoms with Crippen LogP contribution in [0.2, 0.25) is 0 Å². The Bertz CT molecular complexity index is 674. The maximum atomic E-state index is 13.0. The molecule has 3 unspecified atom stereocenters. The molecule has 1 heterocycles. The molecule has 3 atom stereocenters. The molecule has 0 fully saturated rings. The lowest BCUT2D eigenvalue weighted by Gasteiger charge is -2.30. The number of carbonyl (C=O) groups is 3. The summed E-state index contributed by atoms with van der Waals surface area (Å²) in [5.74, 6) is -1.91. The molecule has 1 aliphatic heterocycles. The lowest BCUT2D eigenvalue weighted by molar-refractivity contribution is -0.152. The van der Waals surface area contributed by atoms with Crippen molar-refractivity contribution in [1.82, 2.24) is 15.5 Å². The van der Waals surface area contributed by atoms with Crippen molar-refractivity contribution in [2.45, 2.75) is 45.4 Å². The van der Waals surface area contributed by atoms with Gasteiger partial charge in [0.2, 0.25) is 11.8 Å². The molecule has 2 rings (SSSR count). The van der Waals surface area contributed by atoms with Gasteiger partial charge in [0.15, 0.2) is 6.04 Å². The van der Waals surface area contributed by atoms with E-state index in [4.69, 9.17) is 0 Å². The Balaban J connectivity index is 2.27. The third-order valence-corrected chi connectivity index (χ3v) is 4.58. The van der Waals surface area contributed by atoms with E-state index in [-0.39, 0.29) is 24.3 Å². The first-order valence-electron chi connectivity index (χ1n) is 8.36. The molecule has 0 aromatic heterocycles. The number of carbonyl (C=O) groups excluding carboxylic acids is 2. The van der Waals surface area contributed by atoms with Gasteiger partial charge in [0.05, 0.1) is 6.04 Å². The van der Waals surface area contributed by atoms with Gasteiger partial charge >= 0.3 is 5.97 Å². The van der Waals surface area contributed by atoms with Crippen LogP contribution in [0.5, 0.6) is 0 Å². The second kappa shape index (κ2) is 7.65. The number of rotatable bonds is 6. The summed E-state index contributed by atoms with van der Waals surface area (Å²) >= 11 is 0. The molecular formula is C18H25N3O4. The standard InChI is InChI=1S/C18H25N3O4/c1-10(2)14(20-16(22)11(3)19-4)17(23)21-9-12-7-5-6-8-13(12)15(21)18(24)25/h5-8,10-11,14-15,19H,9H2,1-4H3,(H,20,22)(H,24,25). The molecule has 1 aliphatic rings. The van der Waals surface area contributed by atoms with Gasteiger partial charge in [-0.25, -0.2) is 4.79 Å². The van der Waals surface area contributed by atoms with Crippen LogP contribution in [0.4, 0.5) is 0 Å². The number of aliphatic carboxylic acids is 1. The molecule has 0 saturated carbocycles. The highest BCUT2D eigenvalue weighted by atomic mass is 16.4. The van der Waals surface area contributed by atoms with Gasteiger partial charge in [-0.2, -0.15) is 0 Å². The zero-order valence-corrected chi connectivity index (χ0v) is 14.9. The largest absolute Gasteiger partial charge is 0.479 e. The Morgan fingerprint density at radius 2 is 1.84 bits per heavy atom. The van der Waals surface area contributed by atoms with Crippen molar-refractivity contribution in [1.29, 1.82) is 0 Å². The molecule has 0 radical (unpaired) electrons. The third-order valence-electron chi connectivity index (χ3n) is 4.58. The normalized spacial score (nSPS) is 18.6. The highest BCUT2D eigenvalue weighted by Crippen LogP contribution is 2.34. The minimum atomic E-state index is -1.07. The molecular weight excluding hydrogens is 322 g/mol. The molecule has 0 saturated heterocycles. The van der Waals surface area contributed by atoms with E-state index in [9.17, 15) is 19.5 Å². The van der Waals surface area contributed by atoms with Crippen LogP contribution >= 0.6 is 0 Å². The monoisotopic (exact) mass is 347 g/mol. The Labute approximate surface area is 147 Å². The highest BCUT2D eigenvalue weighted by molar-refractivity contribution is 5.93. The van der Waals surface area contributed by atoms with E-state index >= 15 is 0 Å². The number of carboxylic acid groups (broad SMARTS) is 1.